The lowest BCUT2D eigenvalue weighted by molar-refractivity contribution is 0.111. The highest BCUT2D eigenvalue weighted by molar-refractivity contribution is 5.73. The van der Waals surface area contributed by atoms with Crippen molar-refractivity contribution < 1.29 is 4.79 Å². The summed E-state index contributed by atoms with van der Waals surface area (Å²) in [6.45, 7) is 0. The van der Waals surface area contributed by atoms with E-state index in [4.69, 9.17) is 0 Å². The molecule has 11 heavy (non-hydrogen) atoms. The van der Waals surface area contributed by atoms with Crippen LogP contribution < -0.4 is 0 Å². The van der Waals surface area contributed by atoms with Crippen molar-refractivity contribution in [3.05, 3.63) is 36.4 Å². The van der Waals surface area contributed by atoms with Gasteiger partial charge in [-0.05, 0) is 12.1 Å². The van der Waals surface area contributed by atoms with Crippen molar-refractivity contribution in [2.75, 3.05) is 0 Å². The normalized spacial score (nSPS) is 10.2. The average molecular weight is 146 g/mol. The summed E-state index contributed by atoms with van der Waals surface area (Å²) in [5.74, 6) is 0. The Labute approximate surface area is 63.3 Å². The van der Waals surface area contributed by atoms with Crippen LogP contribution >= 0.6 is 0 Å². The van der Waals surface area contributed by atoms with Crippen LogP contribution in [-0.2, 0) is 0 Å². The molecule has 0 atom stereocenters. The molecule has 0 spiro atoms. The van der Waals surface area contributed by atoms with Gasteiger partial charge in [0.25, 0.3) is 0 Å². The lowest BCUT2D eigenvalue weighted by Gasteiger charge is -1.95. The molecule has 54 valence electrons. The van der Waals surface area contributed by atoms with Crippen molar-refractivity contribution in [1.29, 1.82) is 0 Å². The van der Waals surface area contributed by atoms with Crippen LogP contribution in [-0.4, -0.2) is 15.7 Å². The van der Waals surface area contributed by atoms with Crippen LogP contribution in [0.3, 0.4) is 0 Å². The molecule has 0 N–H and O–H groups in total. The molecule has 2 aromatic rings. The second kappa shape index (κ2) is 2.20. The summed E-state index contributed by atoms with van der Waals surface area (Å²) in [6, 6.07) is 3.78. The van der Waals surface area contributed by atoms with Gasteiger partial charge in [0.1, 0.15) is 5.69 Å². The van der Waals surface area contributed by atoms with E-state index in [1.807, 2.05) is 18.3 Å². The lowest BCUT2D eigenvalue weighted by atomic mass is 10.4. The summed E-state index contributed by atoms with van der Waals surface area (Å²) in [5, 5.41) is 0. The Morgan fingerprint density at radius 2 is 2.36 bits per heavy atom. The van der Waals surface area contributed by atoms with Crippen LogP contribution in [0.1, 0.15) is 10.5 Å². The molecule has 0 saturated carbocycles. The molecule has 0 aliphatic carbocycles. The summed E-state index contributed by atoms with van der Waals surface area (Å²) < 4.78 is 1.79. The highest BCUT2D eigenvalue weighted by atomic mass is 16.1. The first-order valence-electron chi connectivity index (χ1n) is 3.28. The van der Waals surface area contributed by atoms with Crippen molar-refractivity contribution in [2.45, 2.75) is 0 Å². The smallest absolute Gasteiger partial charge is 0.168 e. The van der Waals surface area contributed by atoms with E-state index >= 15 is 0 Å². The second-order valence-electron chi connectivity index (χ2n) is 2.25. The highest BCUT2D eigenvalue weighted by Crippen LogP contribution is 2.03. The second-order valence-corrected chi connectivity index (χ2v) is 2.25. The van der Waals surface area contributed by atoms with Gasteiger partial charge in [0, 0.05) is 6.20 Å². The summed E-state index contributed by atoms with van der Waals surface area (Å²) in [7, 11) is 0. The minimum absolute atomic E-state index is 0.576. The van der Waals surface area contributed by atoms with Crippen molar-refractivity contribution in [3.8, 4) is 0 Å². The Morgan fingerprint density at radius 1 is 1.45 bits per heavy atom. The van der Waals surface area contributed by atoms with Crippen molar-refractivity contribution in [1.82, 2.24) is 9.38 Å². The van der Waals surface area contributed by atoms with E-state index in [2.05, 4.69) is 4.98 Å². The minimum atomic E-state index is 0.576. The van der Waals surface area contributed by atoms with Crippen molar-refractivity contribution in [2.24, 2.45) is 0 Å². The molecule has 0 aromatic carbocycles. The summed E-state index contributed by atoms with van der Waals surface area (Å²) in [5.41, 5.74) is 1.52. The van der Waals surface area contributed by atoms with E-state index < -0.39 is 0 Å². The number of hydrogen-bond acceptors (Lipinski definition) is 2. The molecule has 0 amide bonds. The average Bonchev–Trinajstić information content (AvgIpc) is 2.50. The van der Waals surface area contributed by atoms with E-state index in [1.54, 1.807) is 16.8 Å². The first-order chi connectivity index (χ1) is 5.42. The van der Waals surface area contributed by atoms with E-state index in [0.717, 1.165) is 11.8 Å². The molecule has 0 bridgehead atoms. The fourth-order valence-corrected chi connectivity index (χ4v) is 1.07. The van der Waals surface area contributed by atoms with E-state index in [9.17, 15) is 4.79 Å². The number of hydrogen-bond donors (Lipinski definition) is 0. The van der Waals surface area contributed by atoms with Crippen LogP contribution in [0.4, 0.5) is 0 Å². The molecular weight excluding hydrogens is 140 g/mol. The van der Waals surface area contributed by atoms with Crippen molar-refractivity contribution >= 4 is 11.8 Å². The van der Waals surface area contributed by atoms with Gasteiger partial charge in [-0.1, -0.05) is 0 Å². The van der Waals surface area contributed by atoms with Gasteiger partial charge in [-0.2, -0.15) is 0 Å². The minimum Gasteiger partial charge on any atom is -0.311 e. The van der Waals surface area contributed by atoms with Crippen LogP contribution in [0.25, 0.3) is 5.52 Å². The predicted octanol–water partition coefficient (Wildman–Crippen LogP) is 1.15. The van der Waals surface area contributed by atoms with Gasteiger partial charge in [0.05, 0.1) is 17.9 Å². The van der Waals surface area contributed by atoms with E-state index in [1.165, 1.54) is 0 Å². The fourth-order valence-electron chi connectivity index (χ4n) is 1.07. The number of rotatable bonds is 1. The molecule has 0 unspecified atom stereocenters. The molecule has 0 saturated heterocycles. The molecule has 3 nitrogen and oxygen atoms in total. The van der Waals surface area contributed by atoms with Crippen molar-refractivity contribution in [3.63, 3.8) is 0 Å². The Morgan fingerprint density at radius 3 is 3.18 bits per heavy atom. The Balaban J connectivity index is 2.88. The molecule has 2 rings (SSSR count). The standard InChI is InChI=1S/C8H6N2O/c11-6-8-5-9-4-7-2-1-3-10(7)8/h1-6H. The van der Waals surface area contributed by atoms with Crippen LogP contribution in [0, 0.1) is 0 Å². The number of aldehydes is 1. The van der Waals surface area contributed by atoms with Gasteiger partial charge >= 0.3 is 0 Å². The third kappa shape index (κ3) is 0.816. The number of fused-ring (bicyclic) bond motifs is 1. The maximum atomic E-state index is 10.5. The Bertz CT molecular complexity index is 392. The SMILES string of the molecule is O=Cc1cncc2cccn12. The van der Waals surface area contributed by atoms with Crippen LogP contribution in [0.15, 0.2) is 30.7 Å². The summed E-state index contributed by atoms with van der Waals surface area (Å²) in [4.78, 5) is 14.4. The van der Waals surface area contributed by atoms with Crippen LogP contribution in [0.5, 0.6) is 0 Å². The number of aromatic nitrogens is 2. The molecule has 0 aliphatic rings. The molecule has 0 radical (unpaired) electrons. The first-order valence-corrected chi connectivity index (χ1v) is 3.28. The lowest BCUT2D eigenvalue weighted by Crippen LogP contribution is -1.93. The maximum Gasteiger partial charge on any atom is 0.168 e. The van der Waals surface area contributed by atoms with Gasteiger partial charge < -0.3 is 4.40 Å². The summed E-state index contributed by atoms with van der Waals surface area (Å²) in [6.07, 6.45) is 5.88. The highest BCUT2D eigenvalue weighted by Gasteiger charge is 1.96. The van der Waals surface area contributed by atoms with Gasteiger partial charge in [-0.15, -0.1) is 0 Å². The van der Waals surface area contributed by atoms with Gasteiger partial charge in [0.2, 0.25) is 0 Å². The van der Waals surface area contributed by atoms with Gasteiger partial charge in [-0.3, -0.25) is 9.78 Å². The quantitative estimate of drug-likeness (QED) is 0.565. The third-order valence-electron chi connectivity index (χ3n) is 1.59. The molecule has 2 aromatic heterocycles. The topological polar surface area (TPSA) is 34.4 Å². The zero-order valence-corrected chi connectivity index (χ0v) is 5.77. The van der Waals surface area contributed by atoms with Gasteiger partial charge in [-0.25, -0.2) is 0 Å². The Hall–Kier alpha value is -1.64. The van der Waals surface area contributed by atoms with Gasteiger partial charge in [0.15, 0.2) is 6.29 Å². The zero-order chi connectivity index (χ0) is 7.68. The molecule has 2 heterocycles. The Kier molecular flexibility index (Phi) is 1.22. The zero-order valence-electron chi connectivity index (χ0n) is 5.77. The summed E-state index contributed by atoms with van der Waals surface area (Å²) >= 11 is 0. The predicted molar refractivity (Wildman–Crippen MR) is 40.6 cm³/mol. The van der Waals surface area contributed by atoms with E-state index in [0.29, 0.717) is 5.69 Å². The molecule has 3 heteroatoms. The molecular formula is C8H6N2O. The molecule has 0 fully saturated rings. The first kappa shape index (κ1) is 6.09. The number of nitrogens with zero attached hydrogens (tertiary/aromatic N) is 2. The largest absolute Gasteiger partial charge is 0.311 e. The third-order valence-corrected chi connectivity index (χ3v) is 1.59. The fraction of sp³-hybridized carbons (Fsp3) is 0. The maximum absolute atomic E-state index is 10.5. The monoisotopic (exact) mass is 146 g/mol. The molecule has 0 aliphatic heterocycles. The van der Waals surface area contributed by atoms with E-state index in [-0.39, 0.29) is 0 Å². The van der Waals surface area contributed by atoms with Crippen LogP contribution in [0.2, 0.25) is 0 Å². The number of carbonyl (C=O) groups is 1. The number of carbonyl (C=O) groups excluding carboxylic acids is 1.